The molecule has 0 aliphatic heterocycles. The third-order valence-corrected chi connectivity index (χ3v) is 3.13. The Balaban J connectivity index is 3.68. The van der Waals surface area contributed by atoms with Crippen LogP contribution in [0.3, 0.4) is 0 Å². The third kappa shape index (κ3) is 9.17. The van der Waals surface area contributed by atoms with Crippen molar-refractivity contribution in [3.8, 4) is 0 Å². The van der Waals surface area contributed by atoms with E-state index in [0.29, 0.717) is 0 Å². The highest BCUT2D eigenvalue weighted by atomic mass is 16.5. The summed E-state index contributed by atoms with van der Waals surface area (Å²) < 4.78 is 5.04. The van der Waals surface area contributed by atoms with E-state index in [1.165, 1.54) is 32.1 Å². The third-order valence-electron chi connectivity index (χ3n) is 3.13. The molecule has 1 N–H and O–H groups in total. The molecular weight excluding hydrogens is 198 g/mol. The number of nitrogens with one attached hydrogen (secondary N) is 1. The molecule has 2 unspecified atom stereocenters. The van der Waals surface area contributed by atoms with Gasteiger partial charge >= 0.3 is 0 Å². The molecule has 0 rings (SSSR count). The Kier molecular flexibility index (Phi) is 11.3. The molecule has 0 aliphatic carbocycles. The maximum Gasteiger partial charge on any atom is 0.0587 e. The SMILES string of the molecule is CCCC(C)CC(CCC)CNCCOC. The molecule has 0 amide bonds. The van der Waals surface area contributed by atoms with Crippen molar-refractivity contribution in [2.24, 2.45) is 11.8 Å². The summed E-state index contributed by atoms with van der Waals surface area (Å²) in [5.74, 6) is 1.73. The normalized spacial score (nSPS) is 15.0. The lowest BCUT2D eigenvalue weighted by molar-refractivity contribution is 0.196. The van der Waals surface area contributed by atoms with E-state index in [9.17, 15) is 0 Å². The number of methoxy groups -OCH3 is 1. The smallest absolute Gasteiger partial charge is 0.0587 e. The van der Waals surface area contributed by atoms with Crippen molar-refractivity contribution in [1.82, 2.24) is 5.32 Å². The Hall–Kier alpha value is -0.0800. The molecule has 0 spiro atoms. The second kappa shape index (κ2) is 11.4. The molecule has 0 bridgehead atoms. The topological polar surface area (TPSA) is 21.3 Å². The number of hydrogen-bond acceptors (Lipinski definition) is 2. The van der Waals surface area contributed by atoms with Gasteiger partial charge in [-0.2, -0.15) is 0 Å². The lowest BCUT2D eigenvalue weighted by Gasteiger charge is -2.20. The summed E-state index contributed by atoms with van der Waals surface area (Å²) in [6.45, 7) is 9.92. The van der Waals surface area contributed by atoms with Gasteiger partial charge in [0.1, 0.15) is 0 Å². The maximum atomic E-state index is 5.04. The predicted octanol–water partition coefficient (Wildman–Crippen LogP) is 3.47. The van der Waals surface area contributed by atoms with Crippen LogP contribution in [0.5, 0.6) is 0 Å². The minimum Gasteiger partial charge on any atom is -0.383 e. The summed E-state index contributed by atoms with van der Waals surface area (Å²) >= 11 is 0. The van der Waals surface area contributed by atoms with Crippen LogP contribution >= 0.6 is 0 Å². The monoisotopic (exact) mass is 229 g/mol. The van der Waals surface area contributed by atoms with Gasteiger partial charge in [0.2, 0.25) is 0 Å². The average Bonchev–Trinajstić information content (AvgIpc) is 2.25. The van der Waals surface area contributed by atoms with Gasteiger partial charge in [0.25, 0.3) is 0 Å². The van der Waals surface area contributed by atoms with E-state index >= 15 is 0 Å². The molecule has 0 heterocycles. The van der Waals surface area contributed by atoms with Crippen molar-refractivity contribution in [3.05, 3.63) is 0 Å². The molecule has 2 atom stereocenters. The van der Waals surface area contributed by atoms with Crippen LogP contribution in [0, 0.1) is 11.8 Å². The van der Waals surface area contributed by atoms with Crippen LogP contribution in [0.25, 0.3) is 0 Å². The summed E-state index contributed by atoms with van der Waals surface area (Å²) in [6, 6.07) is 0. The van der Waals surface area contributed by atoms with E-state index in [4.69, 9.17) is 4.74 Å². The van der Waals surface area contributed by atoms with E-state index in [0.717, 1.165) is 31.5 Å². The minimum absolute atomic E-state index is 0.823. The lowest BCUT2D eigenvalue weighted by atomic mass is 9.89. The Labute approximate surface area is 102 Å². The highest BCUT2D eigenvalue weighted by Gasteiger charge is 2.11. The molecular formula is C14H31NO. The van der Waals surface area contributed by atoms with Crippen LogP contribution in [0.1, 0.15) is 52.9 Å². The molecule has 0 radical (unpaired) electrons. The fourth-order valence-electron chi connectivity index (χ4n) is 2.37. The molecule has 16 heavy (non-hydrogen) atoms. The van der Waals surface area contributed by atoms with Gasteiger partial charge in [-0.05, 0) is 31.2 Å². The molecule has 0 fully saturated rings. The highest BCUT2D eigenvalue weighted by molar-refractivity contribution is 4.66. The van der Waals surface area contributed by atoms with Crippen molar-refractivity contribution < 1.29 is 4.74 Å². The van der Waals surface area contributed by atoms with E-state index in [2.05, 4.69) is 26.1 Å². The van der Waals surface area contributed by atoms with E-state index in [-0.39, 0.29) is 0 Å². The zero-order chi connectivity index (χ0) is 12.2. The number of ether oxygens (including phenoxy) is 1. The van der Waals surface area contributed by atoms with Crippen LogP contribution in [0.4, 0.5) is 0 Å². The van der Waals surface area contributed by atoms with Crippen molar-refractivity contribution in [2.45, 2.75) is 52.9 Å². The summed E-state index contributed by atoms with van der Waals surface area (Å²) in [5, 5.41) is 3.49. The van der Waals surface area contributed by atoms with Crippen molar-refractivity contribution in [3.63, 3.8) is 0 Å². The largest absolute Gasteiger partial charge is 0.383 e. The fraction of sp³-hybridized carbons (Fsp3) is 1.00. The zero-order valence-electron chi connectivity index (χ0n) is 11.7. The van der Waals surface area contributed by atoms with Crippen LogP contribution in [0.2, 0.25) is 0 Å². The van der Waals surface area contributed by atoms with Crippen LogP contribution < -0.4 is 5.32 Å². The Morgan fingerprint density at radius 2 is 1.81 bits per heavy atom. The second-order valence-electron chi connectivity index (χ2n) is 4.98. The summed E-state index contributed by atoms with van der Waals surface area (Å²) in [4.78, 5) is 0. The van der Waals surface area contributed by atoms with E-state index in [1.807, 2.05) is 0 Å². The summed E-state index contributed by atoms with van der Waals surface area (Å²) in [7, 11) is 1.76. The first kappa shape index (κ1) is 15.9. The summed E-state index contributed by atoms with van der Waals surface area (Å²) in [6.07, 6.45) is 6.72. The van der Waals surface area contributed by atoms with Gasteiger partial charge in [-0.25, -0.2) is 0 Å². The number of hydrogen-bond donors (Lipinski definition) is 1. The van der Waals surface area contributed by atoms with Gasteiger partial charge < -0.3 is 10.1 Å². The molecule has 0 aliphatic rings. The van der Waals surface area contributed by atoms with Crippen LogP contribution in [0.15, 0.2) is 0 Å². The highest BCUT2D eigenvalue weighted by Crippen LogP contribution is 2.20. The number of rotatable bonds is 11. The molecule has 0 aromatic rings. The lowest BCUT2D eigenvalue weighted by Crippen LogP contribution is -2.27. The molecule has 2 heteroatoms. The fourth-order valence-corrected chi connectivity index (χ4v) is 2.37. The van der Waals surface area contributed by atoms with Gasteiger partial charge in [0, 0.05) is 13.7 Å². The Morgan fingerprint density at radius 1 is 1.12 bits per heavy atom. The Bertz CT molecular complexity index is 139. The van der Waals surface area contributed by atoms with Crippen molar-refractivity contribution >= 4 is 0 Å². The molecule has 0 aromatic carbocycles. The van der Waals surface area contributed by atoms with Gasteiger partial charge in [-0.1, -0.05) is 40.0 Å². The van der Waals surface area contributed by atoms with Gasteiger partial charge in [-0.15, -0.1) is 0 Å². The first-order valence-corrected chi connectivity index (χ1v) is 6.94. The Morgan fingerprint density at radius 3 is 2.38 bits per heavy atom. The van der Waals surface area contributed by atoms with Gasteiger partial charge in [0.05, 0.1) is 6.61 Å². The zero-order valence-corrected chi connectivity index (χ0v) is 11.7. The standard InChI is InChI=1S/C14H31NO/c1-5-7-13(3)11-14(8-6-2)12-15-9-10-16-4/h13-15H,5-12H2,1-4H3. The van der Waals surface area contributed by atoms with E-state index in [1.54, 1.807) is 7.11 Å². The van der Waals surface area contributed by atoms with Gasteiger partial charge in [0.15, 0.2) is 0 Å². The van der Waals surface area contributed by atoms with Crippen LogP contribution in [-0.2, 0) is 4.74 Å². The second-order valence-corrected chi connectivity index (χ2v) is 4.98. The molecule has 0 aromatic heterocycles. The summed E-state index contributed by atoms with van der Waals surface area (Å²) in [5.41, 5.74) is 0. The first-order chi connectivity index (χ1) is 7.74. The molecule has 0 saturated heterocycles. The van der Waals surface area contributed by atoms with Crippen LogP contribution in [-0.4, -0.2) is 26.8 Å². The maximum absolute atomic E-state index is 5.04. The van der Waals surface area contributed by atoms with E-state index < -0.39 is 0 Å². The average molecular weight is 229 g/mol. The quantitative estimate of drug-likeness (QED) is 0.548. The van der Waals surface area contributed by atoms with Crippen molar-refractivity contribution in [1.29, 1.82) is 0 Å². The minimum atomic E-state index is 0.823. The first-order valence-electron chi connectivity index (χ1n) is 6.94. The molecule has 2 nitrogen and oxygen atoms in total. The van der Waals surface area contributed by atoms with Gasteiger partial charge in [-0.3, -0.25) is 0 Å². The molecule has 0 saturated carbocycles. The molecule has 98 valence electrons. The predicted molar refractivity (Wildman–Crippen MR) is 71.8 cm³/mol. The van der Waals surface area contributed by atoms with Crippen molar-refractivity contribution in [2.75, 3.05) is 26.8 Å².